The Morgan fingerprint density at radius 1 is 1.04 bits per heavy atom. The molecule has 4 aromatic rings. The summed E-state index contributed by atoms with van der Waals surface area (Å²) in [5.41, 5.74) is 7.00. The number of nitrogen functional groups attached to an aromatic ring is 1. The normalized spacial score (nSPS) is 18.0. The average molecular weight is 636 g/mol. The molecule has 2 aromatic carbocycles. The summed E-state index contributed by atoms with van der Waals surface area (Å²) in [5.74, 6) is 1.19. The van der Waals surface area contributed by atoms with Crippen molar-refractivity contribution in [1.82, 2.24) is 33.8 Å². The molecule has 1 amide bonds. The van der Waals surface area contributed by atoms with Crippen LogP contribution in [0.25, 0.3) is 16.9 Å². The van der Waals surface area contributed by atoms with Crippen LogP contribution >= 0.6 is 0 Å². The van der Waals surface area contributed by atoms with Crippen LogP contribution in [0.15, 0.2) is 77.4 Å². The van der Waals surface area contributed by atoms with Crippen LogP contribution in [0.3, 0.4) is 0 Å². The van der Waals surface area contributed by atoms with Gasteiger partial charge in [-0.3, -0.25) is 18.8 Å². The van der Waals surface area contributed by atoms with E-state index in [1.807, 2.05) is 36.4 Å². The maximum Gasteiger partial charge on any atom is 0.335 e. The first-order valence-corrected chi connectivity index (χ1v) is 16.2. The molecule has 6 rings (SSSR count). The molecule has 1 atom stereocenters. The van der Waals surface area contributed by atoms with Gasteiger partial charge in [0, 0.05) is 44.8 Å². The van der Waals surface area contributed by atoms with Gasteiger partial charge in [-0.15, -0.1) is 0 Å². The summed E-state index contributed by atoms with van der Waals surface area (Å²) < 4.78 is 8.99. The highest BCUT2D eigenvalue weighted by atomic mass is 16.5. The number of rotatable bonds is 9. The standard InChI is InChI=1S/C35H41N9O3/c1-4-40-17-19-41(20-18-40)35(2,3)21-25(22-36)33(45)42-16-8-9-27(42)23-43-32-30(31(37)38-24-39-32)44(34(43)46)26-12-14-29(15-13-26)47-28-10-6-5-7-11-28/h5-7,10-15,21,24,27H,4,8-9,16-20,23H2,1-3H3,(H2,37,38,39)/t27-/m0/s1. The molecule has 0 radical (unpaired) electrons. The third-order valence-electron chi connectivity index (χ3n) is 9.32. The van der Waals surface area contributed by atoms with E-state index in [0.717, 1.165) is 39.1 Å². The first-order valence-electron chi connectivity index (χ1n) is 16.2. The number of benzene rings is 2. The van der Waals surface area contributed by atoms with E-state index < -0.39 is 5.54 Å². The van der Waals surface area contributed by atoms with Crippen molar-refractivity contribution in [2.45, 2.75) is 51.7 Å². The molecule has 2 aliphatic rings. The summed E-state index contributed by atoms with van der Waals surface area (Å²) in [6.45, 7) is 11.7. The van der Waals surface area contributed by atoms with Crippen molar-refractivity contribution in [3.63, 3.8) is 0 Å². The van der Waals surface area contributed by atoms with Crippen LogP contribution in [0.1, 0.15) is 33.6 Å². The van der Waals surface area contributed by atoms with Gasteiger partial charge in [0.1, 0.15) is 35.0 Å². The zero-order valence-corrected chi connectivity index (χ0v) is 27.2. The molecular formula is C35H41N9O3. The number of nitrogens with zero attached hydrogens (tertiary/aromatic N) is 8. The first kappa shape index (κ1) is 32.0. The van der Waals surface area contributed by atoms with Crippen molar-refractivity contribution in [3.8, 4) is 23.3 Å². The van der Waals surface area contributed by atoms with E-state index in [-0.39, 0.29) is 35.6 Å². The lowest BCUT2D eigenvalue weighted by Gasteiger charge is -2.42. The molecule has 12 heteroatoms. The monoisotopic (exact) mass is 635 g/mol. The molecule has 2 saturated heterocycles. The summed E-state index contributed by atoms with van der Waals surface area (Å²) >= 11 is 0. The fourth-order valence-corrected chi connectivity index (χ4v) is 6.68. The minimum atomic E-state index is -0.462. The molecule has 2 aliphatic heterocycles. The number of likely N-dealkylation sites (N-methyl/N-ethyl adjacent to an activating group) is 1. The van der Waals surface area contributed by atoms with E-state index in [9.17, 15) is 14.9 Å². The Bertz CT molecular complexity index is 1860. The lowest BCUT2D eigenvalue weighted by atomic mass is 9.97. The number of anilines is 1. The summed E-state index contributed by atoms with van der Waals surface area (Å²) in [6, 6.07) is 18.5. The fourth-order valence-electron chi connectivity index (χ4n) is 6.68. The van der Waals surface area contributed by atoms with Crippen molar-refractivity contribution in [1.29, 1.82) is 5.26 Å². The van der Waals surface area contributed by atoms with Crippen molar-refractivity contribution in [2.24, 2.45) is 0 Å². The van der Waals surface area contributed by atoms with Gasteiger partial charge in [0.05, 0.1) is 11.7 Å². The molecule has 244 valence electrons. The predicted octanol–water partition coefficient (Wildman–Crippen LogP) is 3.81. The van der Waals surface area contributed by atoms with E-state index in [1.165, 1.54) is 10.9 Å². The lowest BCUT2D eigenvalue weighted by molar-refractivity contribution is -0.127. The highest BCUT2D eigenvalue weighted by molar-refractivity contribution is 5.97. The molecule has 0 saturated carbocycles. The number of nitriles is 1. The van der Waals surface area contributed by atoms with Gasteiger partial charge in [-0.2, -0.15) is 5.26 Å². The molecule has 2 fully saturated rings. The second-order valence-electron chi connectivity index (χ2n) is 12.6. The molecule has 0 unspecified atom stereocenters. The van der Waals surface area contributed by atoms with Crippen LogP contribution in [0.5, 0.6) is 11.5 Å². The maximum atomic E-state index is 14.1. The van der Waals surface area contributed by atoms with Gasteiger partial charge in [0.2, 0.25) is 0 Å². The average Bonchev–Trinajstić information content (AvgIpc) is 3.67. The van der Waals surface area contributed by atoms with Gasteiger partial charge in [0.15, 0.2) is 11.5 Å². The highest BCUT2D eigenvalue weighted by Crippen LogP contribution is 2.28. The SMILES string of the molecule is CCN1CCN(C(C)(C)C=C(C#N)C(=O)N2CCC[C@H]2Cn2c(=O)n(-c3ccc(Oc4ccccc4)cc3)c3c(N)ncnc32)CC1. The summed E-state index contributed by atoms with van der Waals surface area (Å²) in [7, 11) is 0. The molecule has 0 bridgehead atoms. The molecular weight excluding hydrogens is 594 g/mol. The number of carbonyl (C=O) groups excluding carboxylic acids is 1. The Labute approximate surface area is 274 Å². The number of fused-ring (bicyclic) bond motifs is 1. The number of imidazole rings is 1. The molecule has 4 heterocycles. The molecule has 0 aliphatic carbocycles. The van der Waals surface area contributed by atoms with Crippen LogP contribution in [-0.2, 0) is 11.3 Å². The van der Waals surface area contributed by atoms with E-state index in [1.54, 1.807) is 33.7 Å². The van der Waals surface area contributed by atoms with Crippen molar-refractivity contribution in [2.75, 3.05) is 45.0 Å². The fraction of sp³-hybridized carbons (Fsp3) is 0.400. The second-order valence-corrected chi connectivity index (χ2v) is 12.6. The van der Waals surface area contributed by atoms with Gasteiger partial charge in [-0.25, -0.2) is 14.8 Å². The van der Waals surface area contributed by atoms with Crippen LogP contribution in [-0.4, -0.2) is 90.6 Å². The van der Waals surface area contributed by atoms with Gasteiger partial charge in [0.25, 0.3) is 5.91 Å². The first-order chi connectivity index (χ1) is 22.7. The van der Waals surface area contributed by atoms with E-state index in [2.05, 4.69) is 46.6 Å². The third kappa shape index (κ3) is 6.50. The van der Waals surface area contributed by atoms with Crippen LogP contribution < -0.4 is 16.2 Å². The van der Waals surface area contributed by atoms with Gasteiger partial charge in [-0.1, -0.05) is 25.1 Å². The van der Waals surface area contributed by atoms with Crippen molar-refractivity contribution >= 4 is 22.9 Å². The second kappa shape index (κ2) is 13.4. The number of carbonyl (C=O) groups is 1. The third-order valence-corrected chi connectivity index (χ3v) is 9.32. The zero-order chi connectivity index (χ0) is 33.1. The Hall–Kier alpha value is -4.99. The number of ether oxygens (including phenoxy) is 1. The van der Waals surface area contributed by atoms with Gasteiger partial charge >= 0.3 is 5.69 Å². The number of likely N-dealkylation sites (tertiary alicyclic amines) is 1. The minimum Gasteiger partial charge on any atom is -0.457 e. The Morgan fingerprint density at radius 2 is 1.74 bits per heavy atom. The van der Waals surface area contributed by atoms with Gasteiger partial charge in [-0.05, 0) is 75.7 Å². The van der Waals surface area contributed by atoms with E-state index in [0.29, 0.717) is 41.3 Å². The Morgan fingerprint density at radius 3 is 2.43 bits per heavy atom. The van der Waals surface area contributed by atoms with Crippen LogP contribution in [0.2, 0.25) is 0 Å². The maximum absolute atomic E-state index is 14.1. The number of piperazine rings is 1. The Kier molecular flexibility index (Phi) is 9.11. The topological polar surface area (TPSA) is 139 Å². The van der Waals surface area contributed by atoms with Crippen LogP contribution in [0.4, 0.5) is 5.82 Å². The summed E-state index contributed by atoms with van der Waals surface area (Å²) in [6.07, 6.45) is 4.61. The van der Waals surface area contributed by atoms with Crippen LogP contribution in [0, 0.1) is 11.3 Å². The molecule has 2 aromatic heterocycles. The number of hydrogen-bond donors (Lipinski definition) is 1. The molecule has 2 N–H and O–H groups in total. The van der Waals surface area contributed by atoms with E-state index in [4.69, 9.17) is 10.5 Å². The number of para-hydroxylation sites is 1. The number of amides is 1. The number of aromatic nitrogens is 4. The smallest absolute Gasteiger partial charge is 0.335 e. The quantitative estimate of drug-likeness (QED) is 0.215. The van der Waals surface area contributed by atoms with Crippen molar-refractivity contribution in [3.05, 3.63) is 83.1 Å². The van der Waals surface area contributed by atoms with Gasteiger partial charge < -0.3 is 20.3 Å². The van der Waals surface area contributed by atoms with Crippen molar-refractivity contribution < 1.29 is 9.53 Å². The Balaban J connectivity index is 1.26. The predicted molar refractivity (Wildman–Crippen MR) is 180 cm³/mol. The molecule has 12 nitrogen and oxygen atoms in total. The largest absolute Gasteiger partial charge is 0.457 e. The molecule has 47 heavy (non-hydrogen) atoms. The number of hydrogen-bond acceptors (Lipinski definition) is 9. The summed E-state index contributed by atoms with van der Waals surface area (Å²) in [5, 5.41) is 10.1. The minimum absolute atomic E-state index is 0.124. The zero-order valence-electron chi connectivity index (χ0n) is 27.2. The highest BCUT2D eigenvalue weighted by Gasteiger charge is 2.35. The molecule has 0 spiro atoms. The summed E-state index contributed by atoms with van der Waals surface area (Å²) in [4.78, 5) is 43.0. The lowest BCUT2D eigenvalue weighted by Crippen LogP contribution is -2.54. The number of nitrogens with two attached hydrogens (primary N) is 1. The van der Waals surface area contributed by atoms with E-state index >= 15 is 0 Å².